The van der Waals surface area contributed by atoms with E-state index in [0.717, 1.165) is 61.4 Å². The van der Waals surface area contributed by atoms with E-state index in [4.69, 9.17) is 23.7 Å². The van der Waals surface area contributed by atoms with Gasteiger partial charge in [0, 0.05) is 50.1 Å². The Labute approximate surface area is 282 Å². The van der Waals surface area contributed by atoms with Crippen LogP contribution in [-0.4, -0.2) is 50.7 Å². The van der Waals surface area contributed by atoms with Gasteiger partial charge in [0.25, 0.3) is 0 Å². The van der Waals surface area contributed by atoms with Crippen LogP contribution in [0, 0.1) is 11.3 Å². The molecule has 48 heavy (non-hydrogen) atoms. The van der Waals surface area contributed by atoms with Gasteiger partial charge in [-0.2, -0.15) is 5.26 Å². The average molecular weight is 644 g/mol. The molecule has 0 aromatic heterocycles. The first-order chi connectivity index (χ1) is 23.4. The second-order valence-corrected chi connectivity index (χ2v) is 13.5. The number of likely N-dealkylation sites (N-methyl/N-ethyl adjacent to an activating group) is 1. The maximum atomic E-state index is 9.52. The van der Waals surface area contributed by atoms with Gasteiger partial charge in [0.1, 0.15) is 5.76 Å². The summed E-state index contributed by atoms with van der Waals surface area (Å²) in [5, 5.41) is 9.52. The van der Waals surface area contributed by atoms with Crippen molar-refractivity contribution in [1.29, 1.82) is 5.26 Å². The molecule has 1 unspecified atom stereocenters. The molecule has 8 nitrogen and oxygen atoms in total. The van der Waals surface area contributed by atoms with Crippen molar-refractivity contribution in [2.45, 2.75) is 57.5 Å². The highest BCUT2D eigenvalue weighted by Gasteiger charge is 2.37. The largest absolute Gasteiger partial charge is 0.493 e. The number of nitrogens with zero attached hydrogens (tertiary/aromatic N) is 3. The summed E-state index contributed by atoms with van der Waals surface area (Å²) >= 11 is 0. The molecule has 0 fully saturated rings. The quantitative estimate of drug-likeness (QED) is 0.221. The lowest BCUT2D eigenvalue weighted by Crippen LogP contribution is -2.37. The van der Waals surface area contributed by atoms with Gasteiger partial charge in [-0.3, -0.25) is 9.80 Å². The lowest BCUT2D eigenvalue weighted by Gasteiger charge is -2.39. The first-order valence-electron chi connectivity index (χ1n) is 16.9. The molecule has 7 bridgehead atoms. The summed E-state index contributed by atoms with van der Waals surface area (Å²) in [6.45, 7) is 4.65. The molecule has 5 aliphatic rings. The number of benzene rings is 3. The van der Waals surface area contributed by atoms with E-state index in [1.807, 2.05) is 6.07 Å². The van der Waals surface area contributed by atoms with Crippen molar-refractivity contribution in [3.05, 3.63) is 99.3 Å². The van der Waals surface area contributed by atoms with E-state index >= 15 is 0 Å². The molecule has 4 heterocycles. The number of fused-ring (bicyclic) bond motifs is 3. The zero-order chi connectivity index (χ0) is 32.9. The second kappa shape index (κ2) is 12.4. The number of rotatable bonds is 4. The Kier molecular flexibility index (Phi) is 7.90. The fourth-order valence-corrected chi connectivity index (χ4v) is 8.04. The van der Waals surface area contributed by atoms with Crippen LogP contribution in [-0.2, 0) is 19.3 Å². The Balaban J connectivity index is 1.33. The second-order valence-electron chi connectivity index (χ2n) is 13.5. The maximum absolute atomic E-state index is 9.52. The predicted octanol–water partition coefficient (Wildman–Crippen LogP) is 8.13. The Hall–Kier alpha value is -4.71. The monoisotopic (exact) mass is 643 g/mol. The number of hydrogen-bond acceptors (Lipinski definition) is 8. The van der Waals surface area contributed by atoms with E-state index in [-0.39, 0.29) is 12.1 Å². The molecule has 4 aliphatic heterocycles. The van der Waals surface area contributed by atoms with Gasteiger partial charge in [-0.1, -0.05) is 23.8 Å². The molecule has 1 aliphatic carbocycles. The van der Waals surface area contributed by atoms with Crippen molar-refractivity contribution >= 4 is 0 Å². The SMILES string of the molecule is COc1ccc2cc1OC1=CC=C(C=C(C)C1)CC1c3c(cc(OC)c4c3Oc3cc5c(cc3O4)CCN(CCC#N)[C@H]5C2)CCN1C. The smallest absolute Gasteiger partial charge is 0.212 e. The molecule has 246 valence electrons. The van der Waals surface area contributed by atoms with Crippen LogP contribution < -0.4 is 23.7 Å². The van der Waals surface area contributed by atoms with E-state index < -0.39 is 0 Å². The number of allylic oxidation sites excluding steroid dienone is 4. The van der Waals surface area contributed by atoms with E-state index in [1.165, 1.54) is 27.8 Å². The maximum Gasteiger partial charge on any atom is 0.212 e. The molecule has 2 atom stereocenters. The summed E-state index contributed by atoms with van der Waals surface area (Å²) in [5.41, 5.74) is 8.43. The highest BCUT2D eigenvalue weighted by atomic mass is 16.6. The minimum absolute atomic E-state index is 0.0448. The fraction of sp³-hybridized carbons (Fsp3) is 0.375. The predicted molar refractivity (Wildman–Crippen MR) is 183 cm³/mol. The lowest BCUT2D eigenvalue weighted by atomic mass is 9.86. The van der Waals surface area contributed by atoms with Gasteiger partial charge in [0.05, 0.1) is 20.3 Å². The van der Waals surface area contributed by atoms with Crippen LogP contribution in [0.5, 0.6) is 40.2 Å². The molecule has 3 aromatic carbocycles. The summed E-state index contributed by atoms with van der Waals surface area (Å²) in [6.07, 6.45) is 11.1. The van der Waals surface area contributed by atoms with E-state index in [2.05, 4.69) is 78.4 Å². The molecule has 0 saturated heterocycles. The van der Waals surface area contributed by atoms with Gasteiger partial charge in [-0.25, -0.2) is 0 Å². The number of nitriles is 1. The minimum Gasteiger partial charge on any atom is -0.493 e. The van der Waals surface area contributed by atoms with Crippen LogP contribution in [0.1, 0.15) is 66.1 Å². The molecule has 3 aromatic rings. The van der Waals surface area contributed by atoms with E-state index in [0.29, 0.717) is 53.9 Å². The zero-order valence-electron chi connectivity index (χ0n) is 28.1. The molecule has 0 radical (unpaired) electrons. The Morgan fingerprint density at radius 2 is 1.67 bits per heavy atom. The van der Waals surface area contributed by atoms with Crippen molar-refractivity contribution in [3.63, 3.8) is 0 Å². The summed E-state index contributed by atoms with van der Waals surface area (Å²) in [4.78, 5) is 4.86. The summed E-state index contributed by atoms with van der Waals surface area (Å²) in [7, 11) is 5.58. The summed E-state index contributed by atoms with van der Waals surface area (Å²) < 4.78 is 32.1. The molecular formula is C40H41N3O5. The van der Waals surface area contributed by atoms with Gasteiger partial charge in [-0.15, -0.1) is 0 Å². The van der Waals surface area contributed by atoms with Crippen LogP contribution in [0.15, 0.2) is 71.5 Å². The Morgan fingerprint density at radius 3 is 2.50 bits per heavy atom. The third-order valence-corrected chi connectivity index (χ3v) is 10.4. The van der Waals surface area contributed by atoms with Crippen LogP contribution in [0.25, 0.3) is 0 Å². The normalized spacial score (nSPS) is 21.2. The van der Waals surface area contributed by atoms with Crippen molar-refractivity contribution < 1.29 is 23.7 Å². The molecule has 0 saturated carbocycles. The topological polar surface area (TPSA) is 76.4 Å². The standard InChI is InChI=1S/C40H41N3O5/c1-24-16-25-6-8-29(17-24)46-34-20-26(7-9-33(34)44-3)18-31-30-23-36-35(21-27(30)11-15-43(31)13-5-12-41)47-39-37(45-4)22-28-10-14-42(2)32(19-25)38(28)40(39)48-36/h6-9,16,20-23,31-32H,5,10-11,13-15,17-19H2,1-4H3/t31-,32?/m0/s1. The Morgan fingerprint density at radius 1 is 0.854 bits per heavy atom. The van der Waals surface area contributed by atoms with Crippen molar-refractivity contribution in [2.75, 3.05) is 40.9 Å². The highest BCUT2D eigenvalue weighted by molar-refractivity contribution is 5.67. The van der Waals surface area contributed by atoms with Gasteiger partial charge < -0.3 is 23.7 Å². The summed E-state index contributed by atoms with van der Waals surface area (Å²) in [5.74, 6) is 5.80. The highest BCUT2D eigenvalue weighted by Crippen LogP contribution is 2.57. The molecule has 8 heteroatoms. The van der Waals surface area contributed by atoms with Gasteiger partial charge in [0.2, 0.25) is 5.75 Å². The first-order valence-corrected chi connectivity index (χ1v) is 16.9. The zero-order valence-corrected chi connectivity index (χ0v) is 28.1. The molecule has 8 rings (SSSR count). The van der Waals surface area contributed by atoms with Crippen molar-refractivity contribution in [3.8, 4) is 46.3 Å². The van der Waals surface area contributed by atoms with E-state index in [9.17, 15) is 5.26 Å². The van der Waals surface area contributed by atoms with Crippen LogP contribution >= 0.6 is 0 Å². The van der Waals surface area contributed by atoms with E-state index in [1.54, 1.807) is 14.2 Å². The van der Waals surface area contributed by atoms with Crippen LogP contribution in [0.4, 0.5) is 0 Å². The molecular weight excluding hydrogens is 602 g/mol. The van der Waals surface area contributed by atoms with Gasteiger partial charge in [0.15, 0.2) is 34.5 Å². The van der Waals surface area contributed by atoms with Gasteiger partial charge in [-0.05, 0) is 104 Å². The van der Waals surface area contributed by atoms with Crippen molar-refractivity contribution in [1.82, 2.24) is 9.80 Å². The van der Waals surface area contributed by atoms with Crippen LogP contribution in [0.2, 0.25) is 0 Å². The third-order valence-electron chi connectivity index (χ3n) is 10.4. The van der Waals surface area contributed by atoms with Gasteiger partial charge >= 0.3 is 0 Å². The number of ether oxygens (including phenoxy) is 5. The molecule has 0 N–H and O–H groups in total. The first kappa shape index (κ1) is 30.6. The average Bonchev–Trinajstić information content (AvgIpc) is 3.26. The molecule has 0 spiro atoms. The van der Waals surface area contributed by atoms with Crippen LogP contribution in [0.3, 0.4) is 0 Å². The molecule has 0 amide bonds. The number of hydrogen-bond donors (Lipinski definition) is 0. The minimum atomic E-state index is 0.0448. The Bertz CT molecular complexity index is 1940. The number of methoxy groups -OCH3 is 2. The third kappa shape index (κ3) is 5.41. The van der Waals surface area contributed by atoms with Crippen molar-refractivity contribution in [2.24, 2.45) is 0 Å². The lowest BCUT2D eigenvalue weighted by molar-refractivity contribution is 0.186. The fourth-order valence-electron chi connectivity index (χ4n) is 8.04. The summed E-state index contributed by atoms with van der Waals surface area (Å²) in [6, 6.07) is 15.2.